The molecular formula is C14H16N2O. The highest BCUT2D eigenvalue weighted by Crippen LogP contribution is 2.39. The Balaban J connectivity index is 2.21. The Hall–Kier alpha value is -1.77. The van der Waals surface area contributed by atoms with Gasteiger partial charge in [-0.2, -0.15) is 0 Å². The third-order valence-electron chi connectivity index (χ3n) is 3.44. The highest BCUT2D eigenvalue weighted by molar-refractivity contribution is 6.13. The molecule has 0 atom stereocenters. The number of carbonyl (C=O) groups excluding carboxylic acids is 1. The Morgan fingerprint density at radius 1 is 1.35 bits per heavy atom. The lowest BCUT2D eigenvalue weighted by Crippen LogP contribution is -2.42. The zero-order valence-corrected chi connectivity index (χ0v) is 10.2. The second kappa shape index (κ2) is 3.62. The summed E-state index contributed by atoms with van der Waals surface area (Å²) in [6, 6.07) is 6.23. The molecule has 1 aromatic rings. The van der Waals surface area contributed by atoms with E-state index in [1.165, 1.54) is 5.56 Å². The van der Waals surface area contributed by atoms with Crippen molar-refractivity contribution >= 4 is 17.3 Å². The van der Waals surface area contributed by atoms with Crippen molar-refractivity contribution in [2.45, 2.75) is 26.7 Å². The first-order valence-electron chi connectivity index (χ1n) is 6.07. The van der Waals surface area contributed by atoms with Crippen molar-refractivity contribution in [1.82, 2.24) is 0 Å². The van der Waals surface area contributed by atoms with E-state index in [2.05, 4.69) is 17.4 Å². The van der Waals surface area contributed by atoms with Gasteiger partial charge < -0.3 is 10.2 Å². The van der Waals surface area contributed by atoms with E-state index in [1.54, 1.807) is 0 Å². The summed E-state index contributed by atoms with van der Waals surface area (Å²) in [5.74, 6) is 0.115. The molecule has 0 bridgehead atoms. The Kier molecular flexibility index (Phi) is 2.21. The molecule has 3 rings (SSSR count). The molecule has 17 heavy (non-hydrogen) atoms. The lowest BCUT2D eigenvalue weighted by Gasteiger charge is -2.36. The fraction of sp³-hybridized carbons (Fsp3) is 0.357. The largest absolute Gasteiger partial charge is 0.349 e. The van der Waals surface area contributed by atoms with E-state index in [0.717, 1.165) is 42.0 Å². The minimum absolute atomic E-state index is 0.115. The van der Waals surface area contributed by atoms with E-state index in [9.17, 15) is 4.79 Å². The fourth-order valence-electron chi connectivity index (χ4n) is 2.62. The maximum absolute atomic E-state index is 12.4. The molecule has 2 aliphatic rings. The van der Waals surface area contributed by atoms with Gasteiger partial charge in [0.15, 0.2) is 0 Å². The van der Waals surface area contributed by atoms with Crippen LogP contribution >= 0.6 is 0 Å². The molecule has 0 aliphatic carbocycles. The van der Waals surface area contributed by atoms with E-state index in [-0.39, 0.29) is 5.91 Å². The second-order valence-corrected chi connectivity index (χ2v) is 4.87. The summed E-state index contributed by atoms with van der Waals surface area (Å²) in [5.41, 5.74) is 5.21. The van der Waals surface area contributed by atoms with Gasteiger partial charge in [0.25, 0.3) is 5.91 Å². The lowest BCUT2D eigenvalue weighted by molar-refractivity contribution is -0.115. The Bertz CT molecular complexity index is 527. The Morgan fingerprint density at radius 2 is 2.18 bits per heavy atom. The lowest BCUT2D eigenvalue weighted by atomic mass is 9.97. The smallest absolute Gasteiger partial charge is 0.274 e. The number of nitrogens with zero attached hydrogens (tertiary/aromatic N) is 1. The monoisotopic (exact) mass is 228 g/mol. The van der Waals surface area contributed by atoms with Gasteiger partial charge >= 0.3 is 0 Å². The number of carbonyl (C=O) groups is 1. The molecule has 1 aromatic carbocycles. The Labute approximate surface area is 101 Å². The maximum atomic E-state index is 12.4. The van der Waals surface area contributed by atoms with Crippen molar-refractivity contribution in [1.29, 1.82) is 0 Å². The summed E-state index contributed by atoms with van der Waals surface area (Å²) in [6.45, 7) is 4.78. The van der Waals surface area contributed by atoms with E-state index in [1.807, 2.05) is 24.8 Å². The third kappa shape index (κ3) is 1.46. The van der Waals surface area contributed by atoms with Crippen molar-refractivity contribution in [3.05, 3.63) is 35.0 Å². The summed E-state index contributed by atoms with van der Waals surface area (Å²) in [4.78, 5) is 14.3. The summed E-state index contributed by atoms with van der Waals surface area (Å²) >= 11 is 0. The van der Waals surface area contributed by atoms with E-state index >= 15 is 0 Å². The van der Waals surface area contributed by atoms with Crippen LogP contribution in [0.4, 0.5) is 11.4 Å². The van der Waals surface area contributed by atoms with Gasteiger partial charge in [-0.1, -0.05) is 12.1 Å². The quantitative estimate of drug-likeness (QED) is 0.692. The maximum Gasteiger partial charge on any atom is 0.274 e. The van der Waals surface area contributed by atoms with E-state index in [4.69, 9.17) is 0 Å². The van der Waals surface area contributed by atoms with Crippen molar-refractivity contribution < 1.29 is 4.79 Å². The van der Waals surface area contributed by atoms with Gasteiger partial charge in [-0.05, 0) is 43.9 Å². The second-order valence-electron chi connectivity index (χ2n) is 4.87. The highest BCUT2D eigenvalue weighted by Gasteiger charge is 2.32. The van der Waals surface area contributed by atoms with Crippen molar-refractivity contribution in [3.8, 4) is 0 Å². The van der Waals surface area contributed by atoms with Crippen LogP contribution in [0.2, 0.25) is 0 Å². The predicted molar refractivity (Wildman–Crippen MR) is 69.1 cm³/mol. The van der Waals surface area contributed by atoms with Crippen LogP contribution in [0.25, 0.3) is 0 Å². The van der Waals surface area contributed by atoms with Crippen LogP contribution in [0.1, 0.15) is 25.8 Å². The predicted octanol–water partition coefficient (Wildman–Crippen LogP) is 2.69. The first-order valence-corrected chi connectivity index (χ1v) is 6.07. The van der Waals surface area contributed by atoms with Crippen LogP contribution < -0.4 is 10.2 Å². The molecule has 88 valence electrons. The third-order valence-corrected chi connectivity index (χ3v) is 3.44. The number of amides is 1. The SMILES string of the molecule is CC(C)=C1Nc2cccc3c2N(CCC3)C1=O. The normalized spacial score (nSPS) is 17.6. The molecule has 0 aromatic heterocycles. The van der Waals surface area contributed by atoms with E-state index in [0.29, 0.717) is 0 Å². The number of benzene rings is 1. The minimum atomic E-state index is 0.115. The van der Waals surface area contributed by atoms with E-state index < -0.39 is 0 Å². The number of anilines is 2. The first-order chi connectivity index (χ1) is 8.18. The summed E-state index contributed by atoms with van der Waals surface area (Å²) < 4.78 is 0. The van der Waals surface area contributed by atoms with Crippen molar-refractivity contribution in [2.24, 2.45) is 0 Å². The van der Waals surface area contributed by atoms with Gasteiger partial charge in [0, 0.05) is 6.54 Å². The van der Waals surface area contributed by atoms with Crippen LogP contribution in [0, 0.1) is 0 Å². The average Bonchev–Trinajstić information content (AvgIpc) is 2.33. The molecule has 2 heterocycles. The fourth-order valence-corrected chi connectivity index (χ4v) is 2.62. The van der Waals surface area contributed by atoms with Gasteiger partial charge in [0.05, 0.1) is 11.4 Å². The average molecular weight is 228 g/mol. The molecule has 0 radical (unpaired) electrons. The number of rotatable bonds is 0. The topological polar surface area (TPSA) is 32.3 Å². The minimum Gasteiger partial charge on any atom is -0.349 e. The molecule has 2 aliphatic heterocycles. The molecule has 0 unspecified atom stereocenters. The van der Waals surface area contributed by atoms with Crippen LogP contribution in [0.5, 0.6) is 0 Å². The molecule has 3 heteroatoms. The molecule has 0 spiro atoms. The molecule has 0 saturated heterocycles. The zero-order valence-electron chi connectivity index (χ0n) is 10.2. The van der Waals surface area contributed by atoms with Crippen molar-refractivity contribution in [3.63, 3.8) is 0 Å². The van der Waals surface area contributed by atoms with Gasteiger partial charge in [-0.3, -0.25) is 4.79 Å². The number of hydrogen-bond acceptors (Lipinski definition) is 2. The van der Waals surface area contributed by atoms with Crippen LogP contribution in [0.3, 0.4) is 0 Å². The standard InChI is InChI=1S/C14H16N2O/c1-9(2)12-14(17)16-8-4-6-10-5-3-7-11(15-12)13(10)16/h3,5,7,15H,4,6,8H2,1-2H3. The number of hydrogen-bond donors (Lipinski definition) is 1. The summed E-state index contributed by atoms with van der Waals surface area (Å²) in [7, 11) is 0. The number of aryl methyl sites for hydroxylation is 1. The van der Waals surface area contributed by atoms with Gasteiger partial charge in [-0.15, -0.1) is 0 Å². The van der Waals surface area contributed by atoms with Gasteiger partial charge in [-0.25, -0.2) is 0 Å². The summed E-state index contributed by atoms with van der Waals surface area (Å²) in [5, 5.41) is 3.27. The Morgan fingerprint density at radius 3 is 2.94 bits per heavy atom. The van der Waals surface area contributed by atoms with Crippen LogP contribution in [0.15, 0.2) is 29.5 Å². The molecule has 0 fully saturated rings. The van der Waals surface area contributed by atoms with Gasteiger partial charge in [0.2, 0.25) is 0 Å². The van der Waals surface area contributed by atoms with Crippen LogP contribution in [-0.2, 0) is 11.2 Å². The summed E-state index contributed by atoms with van der Waals surface area (Å²) in [6.07, 6.45) is 2.12. The molecule has 1 amide bonds. The molecule has 1 N–H and O–H groups in total. The zero-order chi connectivity index (χ0) is 12.0. The number of para-hydroxylation sites is 1. The highest BCUT2D eigenvalue weighted by atomic mass is 16.2. The molecule has 0 saturated carbocycles. The van der Waals surface area contributed by atoms with Crippen molar-refractivity contribution in [2.75, 3.05) is 16.8 Å². The number of allylic oxidation sites excluding steroid dienone is 1. The first kappa shape index (κ1) is 10.4. The van der Waals surface area contributed by atoms with Crippen LogP contribution in [-0.4, -0.2) is 12.5 Å². The number of nitrogens with one attached hydrogen (secondary N) is 1. The molecular weight excluding hydrogens is 212 g/mol. The van der Waals surface area contributed by atoms with Gasteiger partial charge in [0.1, 0.15) is 5.70 Å². The molecule has 3 nitrogen and oxygen atoms in total.